The Morgan fingerprint density at radius 2 is 2.15 bits per heavy atom. The molecule has 1 aromatic carbocycles. The number of rotatable bonds is 3. The molecule has 0 spiro atoms. The first-order chi connectivity index (χ1) is 9.49. The predicted octanol–water partition coefficient (Wildman–Crippen LogP) is 2.04. The molecule has 0 radical (unpaired) electrons. The van der Waals surface area contributed by atoms with Crippen LogP contribution >= 0.6 is 0 Å². The van der Waals surface area contributed by atoms with E-state index in [1.807, 2.05) is 0 Å². The normalized spacial score (nSPS) is 13.8. The lowest BCUT2D eigenvalue weighted by molar-refractivity contribution is 0.0173. The van der Waals surface area contributed by atoms with Crippen molar-refractivity contribution in [3.8, 4) is 22.9 Å². The van der Waals surface area contributed by atoms with E-state index in [0.717, 1.165) is 6.92 Å². The molecular formula is C12H11F2N3O3. The summed E-state index contributed by atoms with van der Waals surface area (Å²) in [4.78, 5) is 4.02. The molecule has 106 valence electrons. The number of benzene rings is 1. The highest BCUT2D eigenvalue weighted by Gasteiger charge is 2.31. The molecule has 1 aromatic heterocycles. The SMILES string of the molecule is CC(F)(F)c1cc2c(c(-c3noc(CN)n3)c1)OCO2. The third-order valence-corrected chi connectivity index (χ3v) is 2.86. The smallest absolute Gasteiger partial charge is 0.270 e. The second-order valence-corrected chi connectivity index (χ2v) is 4.36. The fourth-order valence-corrected chi connectivity index (χ4v) is 1.88. The van der Waals surface area contributed by atoms with E-state index >= 15 is 0 Å². The molecule has 0 fully saturated rings. The van der Waals surface area contributed by atoms with Crippen LogP contribution in [0.1, 0.15) is 18.4 Å². The first-order valence-electron chi connectivity index (χ1n) is 5.84. The van der Waals surface area contributed by atoms with Gasteiger partial charge >= 0.3 is 0 Å². The third-order valence-electron chi connectivity index (χ3n) is 2.86. The molecule has 0 aliphatic carbocycles. The van der Waals surface area contributed by atoms with Gasteiger partial charge < -0.3 is 19.7 Å². The zero-order valence-electron chi connectivity index (χ0n) is 10.5. The van der Waals surface area contributed by atoms with Crippen molar-refractivity contribution in [3.63, 3.8) is 0 Å². The van der Waals surface area contributed by atoms with Gasteiger partial charge in [-0.15, -0.1) is 0 Å². The van der Waals surface area contributed by atoms with Crippen molar-refractivity contribution in [2.45, 2.75) is 19.4 Å². The van der Waals surface area contributed by atoms with Crippen LogP contribution in [0.2, 0.25) is 0 Å². The highest BCUT2D eigenvalue weighted by Crippen LogP contribution is 2.44. The average molecular weight is 283 g/mol. The maximum Gasteiger partial charge on any atom is 0.270 e. The van der Waals surface area contributed by atoms with Gasteiger partial charge in [0.25, 0.3) is 5.92 Å². The molecule has 2 heterocycles. The van der Waals surface area contributed by atoms with Gasteiger partial charge in [-0.2, -0.15) is 4.98 Å². The summed E-state index contributed by atoms with van der Waals surface area (Å²) >= 11 is 0. The van der Waals surface area contributed by atoms with Gasteiger partial charge in [0.15, 0.2) is 11.5 Å². The van der Waals surface area contributed by atoms with E-state index in [9.17, 15) is 8.78 Å². The first kappa shape index (κ1) is 12.8. The number of hydrogen-bond acceptors (Lipinski definition) is 6. The van der Waals surface area contributed by atoms with E-state index in [0.29, 0.717) is 11.3 Å². The van der Waals surface area contributed by atoms with Crippen molar-refractivity contribution in [2.75, 3.05) is 6.79 Å². The fourth-order valence-electron chi connectivity index (χ4n) is 1.88. The molecule has 2 aromatic rings. The topological polar surface area (TPSA) is 83.4 Å². The molecule has 1 aliphatic rings. The Bertz CT molecular complexity index is 652. The number of hydrogen-bond donors (Lipinski definition) is 1. The summed E-state index contributed by atoms with van der Waals surface area (Å²) in [7, 11) is 0. The van der Waals surface area contributed by atoms with E-state index in [2.05, 4.69) is 10.1 Å². The summed E-state index contributed by atoms with van der Waals surface area (Å²) in [6, 6.07) is 2.51. The quantitative estimate of drug-likeness (QED) is 0.928. The summed E-state index contributed by atoms with van der Waals surface area (Å²) in [5.74, 6) is -2.11. The maximum absolute atomic E-state index is 13.5. The van der Waals surface area contributed by atoms with Gasteiger partial charge in [-0.1, -0.05) is 5.16 Å². The van der Waals surface area contributed by atoms with Crippen LogP contribution in [-0.4, -0.2) is 16.9 Å². The number of aromatic nitrogens is 2. The average Bonchev–Trinajstić information content (AvgIpc) is 3.05. The van der Waals surface area contributed by atoms with E-state index < -0.39 is 5.92 Å². The van der Waals surface area contributed by atoms with E-state index in [1.165, 1.54) is 12.1 Å². The molecule has 20 heavy (non-hydrogen) atoms. The number of alkyl halides is 2. The van der Waals surface area contributed by atoms with Crippen LogP contribution < -0.4 is 15.2 Å². The Hall–Kier alpha value is -2.22. The largest absolute Gasteiger partial charge is 0.454 e. The zero-order chi connectivity index (χ0) is 14.3. The van der Waals surface area contributed by atoms with Gasteiger partial charge in [-0.05, 0) is 12.1 Å². The van der Waals surface area contributed by atoms with Crippen LogP contribution in [0.5, 0.6) is 11.5 Å². The Morgan fingerprint density at radius 3 is 2.80 bits per heavy atom. The van der Waals surface area contributed by atoms with Crippen LogP contribution in [0.15, 0.2) is 16.7 Å². The summed E-state index contributed by atoms with van der Waals surface area (Å²) in [6.07, 6.45) is 0. The number of nitrogens with two attached hydrogens (primary N) is 1. The Labute approximate surface area is 112 Å². The van der Waals surface area contributed by atoms with Crippen LogP contribution in [0, 0.1) is 0 Å². The minimum Gasteiger partial charge on any atom is -0.454 e. The lowest BCUT2D eigenvalue weighted by Crippen LogP contribution is -2.07. The van der Waals surface area contributed by atoms with Crippen molar-refractivity contribution in [2.24, 2.45) is 5.73 Å². The van der Waals surface area contributed by atoms with Crippen molar-refractivity contribution in [1.82, 2.24) is 10.1 Å². The third kappa shape index (κ3) is 2.07. The van der Waals surface area contributed by atoms with Gasteiger partial charge in [0, 0.05) is 12.5 Å². The second-order valence-electron chi connectivity index (χ2n) is 4.36. The molecule has 8 heteroatoms. The van der Waals surface area contributed by atoms with Gasteiger partial charge in [0.05, 0.1) is 12.1 Å². The summed E-state index contributed by atoms with van der Waals surface area (Å²) < 4.78 is 42.3. The van der Waals surface area contributed by atoms with Crippen LogP contribution in [0.25, 0.3) is 11.4 Å². The Kier molecular flexibility index (Phi) is 2.82. The Morgan fingerprint density at radius 1 is 1.35 bits per heavy atom. The number of ether oxygens (including phenoxy) is 2. The standard InChI is InChI=1S/C12H11F2N3O3/c1-12(13,14)6-2-7(10-8(3-6)18-5-19-10)11-16-9(4-15)20-17-11/h2-3H,4-5,15H2,1H3. The van der Waals surface area contributed by atoms with Crippen LogP contribution in [-0.2, 0) is 12.5 Å². The molecule has 6 nitrogen and oxygen atoms in total. The highest BCUT2D eigenvalue weighted by molar-refractivity contribution is 5.70. The van der Waals surface area contributed by atoms with E-state index in [4.69, 9.17) is 19.7 Å². The summed E-state index contributed by atoms with van der Waals surface area (Å²) in [6.45, 7) is 0.828. The molecule has 1 aliphatic heterocycles. The van der Waals surface area contributed by atoms with E-state index in [-0.39, 0.29) is 36.4 Å². The van der Waals surface area contributed by atoms with Crippen molar-refractivity contribution in [1.29, 1.82) is 0 Å². The number of halogens is 2. The number of nitrogens with zero attached hydrogens (tertiary/aromatic N) is 2. The van der Waals surface area contributed by atoms with Crippen molar-refractivity contribution in [3.05, 3.63) is 23.6 Å². The zero-order valence-corrected chi connectivity index (χ0v) is 10.5. The van der Waals surface area contributed by atoms with Crippen molar-refractivity contribution >= 4 is 0 Å². The van der Waals surface area contributed by atoms with Gasteiger partial charge in [0.2, 0.25) is 18.5 Å². The van der Waals surface area contributed by atoms with Gasteiger partial charge in [0.1, 0.15) is 0 Å². The lowest BCUT2D eigenvalue weighted by Gasteiger charge is -2.12. The number of fused-ring (bicyclic) bond motifs is 1. The molecule has 0 unspecified atom stereocenters. The highest BCUT2D eigenvalue weighted by atomic mass is 19.3. The molecule has 0 saturated carbocycles. The second kappa shape index (κ2) is 4.41. The monoisotopic (exact) mass is 283 g/mol. The molecular weight excluding hydrogens is 272 g/mol. The summed E-state index contributed by atoms with van der Waals surface area (Å²) in [5.41, 5.74) is 5.46. The summed E-state index contributed by atoms with van der Waals surface area (Å²) in [5, 5.41) is 3.71. The Balaban J connectivity index is 2.16. The molecule has 0 bridgehead atoms. The van der Waals surface area contributed by atoms with E-state index in [1.54, 1.807) is 0 Å². The van der Waals surface area contributed by atoms with Crippen LogP contribution in [0.3, 0.4) is 0 Å². The van der Waals surface area contributed by atoms with Gasteiger partial charge in [-0.3, -0.25) is 0 Å². The van der Waals surface area contributed by atoms with Gasteiger partial charge in [-0.25, -0.2) is 8.78 Å². The molecule has 0 atom stereocenters. The molecule has 3 rings (SSSR count). The minimum absolute atomic E-state index is 0.0390. The predicted molar refractivity (Wildman–Crippen MR) is 63.3 cm³/mol. The first-order valence-corrected chi connectivity index (χ1v) is 5.84. The lowest BCUT2D eigenvalue weighted by atomic mass is 10.0. The fraction of sp³-hybridized carbons (Fsp3) is 0.333. The minimum atomic E-state index is -3.02. The van der Waals surface area contributed by atoms with Crippen LogP contribution in [0.4, 0.5) is 8.78 Å². The molecule has 0 amide bonds. The molecule has 0 saturated heterocycles. The molecule has 2 N–H and O–H groups in total. The van der Waals surface area contributed by atoms with Crippen molar-refractivity contribution < 1.29 is 22.8 Å². The maximum atomic E-state index is 13.5.